The van der Waals surface area contributed by atoms with Crippen LogP contribution in [-0.2, 0) is 0 Å². The number of fused-ring (bicyclic) bond motifs is 24. The minimum absolute atomic E-state index is 1.21. The summed E-state index contributed by atoms with van der Waals surface area (Å²) in [6, 6.07) is 144. The fourth-order valence-corrected chi connectivity index (χ4v) is 19.5. The first kappa shape index (κ1) is 59.4. The lowest BCUT2D eigenvalue weighted by atomic mass is 9.82. The summed E-state index contributed by atoms with van der Waals surface area (Å²) in [6.07, 6.45) is 0. The van der Waals surface area contributed by atoms with Gasteiger partial charge in [-0.15, -0.1) is 0 Å². The quantitative estimate of drug-likeness (QED) is 0.119. The summed E-state index contributed by atoms with van der Waals surface area (Å²) < 4.78 is 0. The molecule has 0 aliphatic heterocycles. The Morgan fingerprint density at radius 1 is 0.0926 bits per heavy atom. The molecule has 24 aromatic carbocycles. The topological polar surface area (TPSA) is 0 Å². The summed E-state index contributed by atoms with van der Waals surface area (Å²) >= 11 is 0. The smallest absolute Gasteiger partial charge is 0.00201 e. The highest BCUT2D eigenvalue weighted by molar-refractivity contribution is 6.32. The molecule has 494 valence electrons. The lowest BCUT2D eigenvalue weighted by Crippen LogP contribution is -1.93. The van der Waals surface area contributed by atoms with Crippen LogP contribution in [0, 0.1) is 0 Å². The van der Waals surface area contributed by atoms with Gasteiger partial charge in [-0.2, -0.15) is 0 Å². The van der Waals surface area contributed by atoms with Crippen LogP contribution in [0.1, 0.15) is 0 Å². The van der Waals surface area contributed by atoms with Crippen LogP contribution in [0.15, 0.2) is 376 Å². The third-order valence-corrected chi connectivity index (χ3v) is 24.4. The van der Waals surface area contributed by atoms with Crippen molar-refractivity contribution in [2.45, 2.75) is 0 Å². The molecule has 0 spiro atoms. The Morgan fingerprint density at radius 2 is 0.343 bits per heavy atom. The van der Waals surface area contributed by atoms with Gasteiger partial charge in [0.1, 0.15) is 0 Å². The van der Waals surface area contributed by atoms with Crippen molar-refractivity contribution in [3.05, 3.63) is 376 Å². The summed E-state index contributed by atoms with van der Waals surface area (Å²) in [5, 5.41) is 44.8. The van der Waals surface area contributed by atoms with Crippen LogP contribution in [0.3, 0.4) is 0 Å². The van der Waals surface area contributed by atoms with Crippen LogP contribution in [0.4, 0.5) is 0 Å². The average Bonchev–Trinajstić information content (AvgIpc) is 0.717. The molecule has 0 amide bonds. The predicted octanol–water partition coefficient (Wildman–Crippen LogP) is 30.8. The highest BCUT2D eigenvalue weighted by Crippen LogP contribution is 2.52. The largest absolute Gasteiger partial charge is 0.0616 e. The molecule has 0 unspecified atom stereocenters. The van der Waals surface area contributed by atoms with Gasteiger partial charge in [0.25, 0.3) is 0 Å². The summed E-state index contributed by atoms with van der Waals surface area (Å²) in [5.74, 6) is 0. The van der Waals surface area contributed by atoms with Gasteiger partial charge in [-0.3, -0.25) is 0 Å². The van der Waals surface area contributed by atoms with Gasteiger partial charge in [0.2, 0.25) is 0 Å². The molecule has 0 saturated carbocycles. The zero-order valence-corrected chi connectivity index (χ0v) is 58.8. The molecule has 0 heterocycles. The van der Waals surface area contributed by atoms with Crippen molar-refractivity contribution in [3.63, 3.8) is 0 Å². The summed E-state index contributed by atoms with van der Waals surface area (Å²) in [5.41, 5.74) is 12.3. The molecule has 108 heavy (non-hydrogen) atoms. The first-order chi connectivity index (χ1) is 53.5. The number of hydrogen-bond donors (Lipinski definition) is 0. The molecule has 24 aromatic rings. The van der Waals surface area contributed by atoms with Crippen LogP contribution in [0.5, 0.6) is 0 Å². The molecule has 0 aromatic heterocycles. The van der Waals surface area contributed by atoms with Crippen molar-refractivity contribution in [1.29, 1.82) is 0 Å². The van der Waals surface area contributed by atoms with E-state index in [9.17, 15) is 0 Å². The molecule has 0 heteroatoms. The van der Waals surface area contributed by atoms with Crippen molar-refractivity contribution >= 4 is 194 Å². The fourth-order valence-electron chi connectivity index (χ4n) is 19.5. The van der Waals surface area contributed by atoms with E-state index in [4.69, 9.17) is 0 Å². The minimum atomic E-state index is 1.21. The second kappa shape index (κ2) is 22.7. The SMILES string of the molecule is c1ccc2cc3c(ccc4ccc(-c5c6ccccc6cc6c5cc(-c5c7ccccc7cc7c5ccc5c(-c8cccc9c8ccc8c(-c%10cc%11c(-c%12ccc%13ccc%14cc%15ccccc%15cc%14c%13c%12)c%12ccccc%12cc%11c%11ccccc%10%11)c%10ccccc%10cc89)cccc57)c5ccccc56)cc43)cc2c1. The van der Waals surface area contributed by atoms with Gasteiger partial charge < -0.3 is 0 Å². The van der Waals surface area contributed by atoms with E-state index in [0.717, 1.165) is 0 Å². The third kappa shape index (κ3) is 8.69. The van der Waals surface area contributed by atoms with Crippen molar-refractivity contribution in [1.82, 2.24) is 0 Å². The monoisotopic (exact) mass is 1360 g/mol. The molecule has 0 bridgehead atoms. The Morgan fingerprint density at radius 3 is 0.731 bits per heavy atom. The van der Waals surface area contributed by atoms with Crippen molar-refractivity contribution in [3.8, 4) is 55.6 Å². The van der Waals surface area contributed by atoms with Crippen LogP contribution in [0.25, 0.3) is 250 Å². The Balaban J connectivity index is 0.705. The fraction of sp³-hybridized carbons (Fsp3) is 0. The maximum atomic E-state index is 2.55. The normalized spacial score (nSPS) is 12.3. The maximum absolute atomic E-state index is 2.55. The van der Waals surface area contributed by atoms with Gasteiger partial charge in [0, 0.05) is 0 Å². The second-order valence-electron chi connectivity index (χ2n) is 30.0. The standard InChI is InChI=1S/C108H62/c1-3-21-67-53-95-73(51-65(67)19-1)43-39-63-41-45-75(59-93(63)95)105-77-27-9-5-23-69(77)57-99-83-31-13-15-33-87(83)101(61-103(99)105)107-79-29-11-7-25-71(79)55-97-85-37-17-35-81(89(85)47-49-91(97)107)82-36-18-38-86-90(82)48-50-92-98(86)56-72-26-8-12-30-80(72)108(92)102-62-104-100(84-32-14-16-34-88(84)102)58-70-24-6-10-28-78(70)106(104)76-46-42-64-40-44-74-52-66-20-2-4-22-68(66)54-96(74)94(64)60-76/h1-62H. The average molecular weight is 1360 g/mol. The van der Waals surface area contributed by atoms with Gasteiger partial charge >= 0.3 is 0 Å². The van der Waals surface area contributed by atoms with Gasteiger partial charge in [-0.05, 0) is 322 Å². The highest BCUT2D eigenvalue weighted by Gasteiger charge is 2.25. The maximum Gasteiger partial charge on any atom is -0.00201 e. The summed E-state index contributed by atoms with van der Waals surface area (Å²) in [6.45, 7) is 0. The lowest BCUT2D eigenvalue weighted by Gasteiger charge is -2.21. The van der Waals surface area contributed by atoms with E-state index < -0.39 is 0 Å². The number of benzene rings is 24. The second-order valence-corrected chi connectivity index (χ2v) is 30.0. The molecule has 0 atom stereocenters. The van der Waals surface area contributed by atoms with E-state index >= 15 is 0 Å². The van der Waals surface area contributed by atoms with Gasteiger partial charge in [-0.1, -0.05) is 303 Å². The molecule has 0 N–H and O–H groups in total. The minimum Gasteiger partial charge on any atom is -0.0616 e. The van der Waals surface area contributed by atoms with Crippen molar-refractivity contribution in [2.75, 3.05) is 0 Å². The highest BCUT2D eigenvalue weighted by atomic mass is 14.3. The number of hydrogen-bond acceptors (Lipinski definition) is 0. The van der Waals surface area contributed by atoms with Crippen molar-refractivity contribution < 1.29 is 0 Å². The van der Waals surface area contributed by atoms with Crippen LogP contribution < -0.4 is 0 Å². The van der Waals surface area contributed by atoms with Gasteiger partial charge in [0.15, 0.2) is 0 Å². The van der Waals surface area contributed by atoms with Gasteiger partial charge in [0.05, 0.1) is 0 Å². The Labute approximate surface area is 621 Å². The Bertz CT molecular complexity index is 7690. The predicted molar refractivity (Wildman–Crippen MR) is 469 cm³/mol. The molecular weight excluding hydrogens is 1300 g/mol. The van der Waals surface area contributed by atoms with E-state index in [1.807, 2.05) is 0 Å². The first-order valence-corrected chi connectivity index (χ1v) is 37.7. The van der Waals surface area contributed by atoms with Crippen molar-refractivity contribution in [2.24, 2.45) is 0 Å². The molecule has 0 radical (unpaired) electrons. The molecule has 0 aliphatic carbocycles. The van der Waals surface area contributed by atoms with E-state index in [1.165, 1.54) is 250 Å². The molecule has 24 rings (SSSR count). The third-order valence-electron chi connectivity index (χ3n) is 24.4. The van der Waals surface area contributed by atoms with Gasteiger partial charge in [-0.25, -0.2) is 0 Å². The molecule has 0 fully saturated rings. The molecule has 0 nitrogen and oxygen atoms in total. The Kier molecular flexibility index (Phi) is 12.5. The molecule has 0 aliphatic rings. The zero-order valence-electron chi connectivity index (χ0n) is 58.8. The zero-order chi connectivity index (χ0) is 70.4. The van der Waals surface area contributed by atoms with Crippen LogP contribution in [-0.4, -0.2) is 0 Å². The Hall–Kier alpha value is -14.0. The van der Waals surface area contributed by atoms with E-state index in [2.05, 4.69) is 376 Å². The summed E-state index contributed by atoms with van der Waals surface area (Å²) in [4.78, 5) is 0. The summed E-state index contributed by atoms with van der Waals surface area (Å²) in [7, 11) is 0. The van der Waals surface area contributed by atoms with Crippen LogP contribution in [0.2, 0.25) is 0 Å². The van der Waals surface area contributed by atoms with E-state index in [0.29, 0.717) is 0 Å². The molecular formula is C108H62. The van der Waals surface area contributed by atoms with E-state index in [1.54, 1.807) is 0 Å². The number of rotatable bonds is 5. The lowest BCUT2D eigenvalue weighted by molar-refractivity contribution is 1.70. The van der Waals surface area contributed by atoms with Crippen LogP contribution >= 0.6 is 0 Å². The molecule has 0 saturated heterocycles. The van der Waals surface area contributed by atoms with E-state index in [-0.39, 0.29) is 0 Å². The first-order valence-electron chi connectivity index (χ1n) is 37.7.